The Morgan fingerprint density at radius 3 is 2.74 bits per heavy atom. The van der Waals surface area contributed by atoms with E-state index in [-0.39, 0.29) is 17.6 Å². The Morgan fingerprint density at radius 1 is 1.11 bits per heavy atom. The highest BCUT2D eigenvalue weighted by atomic mass is 32.1. The average Bonchev–Trinajstić information content (AvgIpc) is 3.50. The summed E-state index contributed by atoms with van der Waals surface area (Å²) in [5.41, 5.74) is 1.83. The number of aromatic nitrogens is 1. The predicted molar refractivity (Wildman–Crippen MR) is 135 cm³/mol. The number of nitrogens with zero attached hydrogens (tertiary/aromatic N) is 3. The van der Waals surface area contributed by atoms with Gasteiger partial charge in [0.25, 0.3) is 0 Å². The van der Waals surface area contributed by atoms with Crippen LogP contribution in [0.3, 0.4) is 0 Å². The summed E-state index contributed by atoms with van der Waals surface area (Å²) in [6.45, 7) is 5.24. The van der Waals surface area contributed by atoms with Crippen molar-refractivity contribution >= 4 is 23.3 Å². The number of aromatic carboxylic acids is 1. The molecule has 4 heterocycles. The number of hydrogen-bond donors (Lipinski definition) is 2. The zero-order chi connectivity index (χ0) is 24.2. The molecular weight excluding hydrogens is 464 g/mol. The second-order valence-electron chi connectivity index (χ2n) is 8.72. The summed E-state index contributed by atoms with van der Waals surface area (Å²) in [6, 6.07) is 16.1. The van der Waals surface area contributed by atoms with Gasteiger partial charge >= 0.3 is 5.97 Å². The number of carboxylic acid groups (broad SMARTS) is 1. The van der Waals surface area contributed by atoms with Crippen LogP contribution >= 0.6 is 12.2 Å². The van der Waals surface area contributed by atoms with Crippen molar-refractivity contribution in [3.8, 4) is 11.3 Å². The topological polar surface area (TPSA) is 91.1 Å². The molecule has 0 spiro atoms. The Labute approximate surface area is 209 Å². The van der Waals surface area contributed by atoms with E-state index in [2.05, 4.69) is 20.1 Å². The van der Waals surface area contributed by atoms with E-state index < -0.39 is 5.97 Å². The molecule has 5 rings (SSSR count). The van der Waals surface area contributed by atoms with E-state index in [1.54, 1.807) is 24.4 Å². The molecule has 2 saturated heterocycles. The van der Waals surface area contributed by atoms with Crippen LogP contribution in [0.1, 0.15) is 40.3 Å². The SMILES string of the molecule is O=C(O)c1cccc(-c2ccc([C@@H]3[C@@H](c4ccccn4)NC(=S)N3CCCN3CCOCC3)o2)c1. The number of pyridine rings is 1. The number of ether oxygens (including phenoxy) is 1. The molecule has 0 saturated carbocycles. The highest BCUT2D eigenvalue weighted by Crippen LogP contribution is 2.40. The summed E-state index contributed by atoms with van der Waals surface area (Å²) >= 11 is 5.76. The van der Waals surface area contributed by atoms with E-state index in [4.69, 9.17) is 21.4 Å². The standard InChI is InChI=1S/C26H28N4O4S/c31-25(32)19-6-3-5-18(17-19)21-8-9-22(34-21)24-23(20-7-1-2-10-27-20)28-26(35)30(24)12-4-11-29-13-15-33-16-14-29/h1-3,5-10,17,23-24H,4,11-16H2,(H,28,35)(H,31,32)/t23-,24-/m1/s1. The van der Waals surface area contributed by atoms with Gasteiger partial charge in [-0.2, -0.15) is 0 Å². The summed E-state index contributed by atoms with van der Waals surface area (Å²) in [5, 5.41) is 13.5. The largest absolute Gasteiger partial charge is 0.478 e. The maximum absolute atomic E-state index is 11.4. The number of rotatable bonds is 8. The van der Waals surface area contributed by atoms with Crippen molar-refractivity contribution in [2.75, 3.05) is 39.4 Å². The molecule has 1 aromatic carbocycles. The van der Waals surface area contributed by atoms with Gasteiger partial charge in [-0.05, 0) is 55.0 Å². The zero-order valence-electron chi connectivity index (χ0n) is 19.3. The molecule has 0 aliphatic carbocycles. The molecule has 3 aromatic rings. The van der Waals surface area contributed by atoms with Crippen molar-refractivity contribution < 1.29 is 19.1 Å². The van der Waals surface area contributed by atoms with Crippen LogP contribution in [0, 0.1) is 0 Å². The summed E-state index contributed by atoms with van der Waals surface area (Å²) in [6.07, 6.45) is 2.74. The number of furan rings is 1. The molecule has 8 nitrogen and oxygen atoms in total. The molecule has 0 radical (unpaired) electrons. The summed E-state index contributed by atoms with van der Waals surface area (Å²) < 4.78 is 11.8. The smallest absolute Gasteiger partial charge is 0.335 e. The monoisotopic (exact) mass is 492 g/mol. The summed E-state index contributed by atoms with van der Waals surface area (Å²) in [4.78, 5) is 20.6. The maximum Gasteiger partial charge on any atom is 0.335 e. The number of thiocarbonyl (C=S) groups is 1. The zero-order valence-corrected chi connectivity index (χ0v) is 20.1. The van der Waals surface area contributed by atoms with Gasteiger partial charge < -0.3 is 24.5 Å². The van der Waals surface area contributed by atoms with E-state index >= 15 is 0 Å². The van der Waals surface area contributed by atoms with E-state index in [0.717, 1.165) is 62.8 Å². The molecular formula is C26H28N4O4S. The number of nitrogens with one attached hydrogen (secondary N) is 1. The third-order valence-electron chi connectivity index (χ3n) is 6.49. The minimum atomic E-state index is -0.967. The van der Waals surface area contributed by atoms with Crippen molar-refractivity contribution in [1.82, 2.24) is 20.1 Å². The van der Waals surface area contributed by atoms with Gasteiger partial charge in [-0.15, -0.1) is 0 Å². The molecule has 35 heavy (non-hydrogen) atoms. The molecule has 2 N–H and O–H groups in total. The second-order valence-corrected chi connectivity index (χ2v) is 9.10. The lowest BCUT2D eigenvalue weighted by Crippen LogP contribution is -2.38. The number of benzene rings is 1. The first-order chi connectivity index (χ1) is 17.1. The number of hydrogen-bond acceptors (Lipinski definition) is 6. The molecule has 0 amide bonds. The lowest BCUT2D eigenvalue weighted by atomic mass is 10.0. The Hall–Kier alpha value is -3.27. The van der Waals surface area contributed by atoms with E-state index in [9.17, 15) is 9.90 Å². The number of carbonyl (C=O) groups is 1. The van der Waals surface area contributed by atoms with Gasteiger partial charge in [0.2, 0.25) is 0 Å². The van der Waals surface area contributed by atoms with Crippen LogP contribution < -0.4 is 5.32 Å². The van der Waals surface area contributed by atoms with Gasteiger partial charge in [-0.3, -0.25) is 9.88 Å². The van der Waals surface area contributed by atoms with Crippen molar-refractivity contribution in [1.29, 1.82) is 0 Å². The van der Waals surface area contributed by atoms with Crippen LogP contribution in [0.15, 0.2) is 65.2 Å². The molecule has 2 aliphatic heterocycles. The fraction of sp³-hybridized carbons (Fsp3) is 0.346. The van der Waals surface area contributed by atoms with Crippen molar-refractivity contribution in [2.45, 2.75) is 18.5 Å². The predicted octanol–water partition coefficient (Wildman–Crippen LogP) is 3.73. The van der Waals surface area contributed by atoms with Crippen molar-refractivity contribution in [2.24, 2.45) is 0 Å². The molecule has 2 aromatic heterocycles. The minimum Gasteiger partial charge on any atom is -0.478 e. The van der Waals surface area contributed by atoms with Gasteiger partial charge in [0.1, 0.15) is 17.6 Å². The van der Waals surface area contributed by atoms with Crippen LogP contribution in [0.4, 0.5) is 0 Å². The molecule has 0 unspecified atom stereocenters. The first-order valence-electron chi connectivity index (χ1n) is 11.8. The van der Waals surface area contributed by atoms with Crippen LogP contribution in [-0.2, 0) is 4.74 Å². The van der Waals surface area contributed by atoms with Gasteiger partial charge in [0.15, 0.2) is 5.11 Å². The normalized spacial score (nSPS) is 20.7. The Balaban J connectivity index is 1.40. The quantitative estimate of drug-likeness (QED) is 0.456. The number of morpholine rings is 1. The lowest BCUT2D eigenvalue weighted by Gasteiger charge is -2.29. The van der Waals surface area contributed by atoms with Crippen LogP contribution in [-0.4, -0.2) is 70.4 Å². The number of carboxylic acids is 1. The Bertz CT molecular complexity index is 1180. The minimum absolute atomic E-state index is 0.156. The molecule has 2 aliphatic rings. The Morgan fingerprint density at radius 2 is 1.97 bits per heavy atom. The third-order valence-corrected chi connectivity index (χ3v) is 6.84. The summed E-state index contributed by atoms with van der Waals surface area (Å²) in [7, 11) is 0. The summed E-state index contributed by atoms with van der Waals surface area (Å²) in [5.74, 6) is 0.412. The van der Waals surface area contributed by atoms with E-state index in [1.165, 1.54) is 0 Å². The van der Waals surface area contributed by atoms with Gasteiger partial charge in [-0.1, -0.05) is 18.2 Å². The van der Waals surface area contributed by atoms with Gasteiger partial charge in [-0.25, -0.2) is 4.79 Å². The molecule has 182 valence electrons. The highest BCUT2D eigenvalue weighted by molar-refractivity contribution is 7.80. The van der Waals surface area contributed by atoms with Crippen LogP contribution in [0.25, 0.3) is 11.3 Å². The molecule has 0 bridgehead atoms. The fourth-order valence-electron chi connectivity index (χ4n) is 4.72. The third kappa shape index (κ3) is 5.22. The fourth-order valence-corrected chi connectivity index (χ4v) is 5.05. The highest BCUT2D eigenvalue weighted by Gasteiger charge is 2.41. The average molecular weight is 493 g/mol. The van der Waals surface area contributed by atoms with E-state index in [1.807, 2.05) is 36.4 Å². The van der Waals surface area contributed by atoms with Crippen molar-refractivity contribution in [3.63, 3.8) is 0 Å². The van der Waals surface area contributed by atoms with Gasteiger partial charge in [0.05, 0.1) is 30.5 Å². The lowest BCUT2D eigenvalue weighted by molar-refractivity contribution is 0.0365. The second kappa shape index (κ2) is 10.6. The molecule has 2 atom stereocenters. The molecule has 9 heteroatoms. The first-order valence-corrected chi connectivity index (χ1v) is 12.2. The maximum atomic E-state index is 11.4. The van der Waals surface area contributed by atoms with E-state index in [0.29, 0.717) is 10.9 Å². The van der Waals surface area contributed by atoms with Crippen LogP contribution in [0.2, 0.25) is 0 Å². The Kier molecular flexibility index (Phi) is 7.08. The van der Waals surface area contributed by atoms with Crippen molar-refractivity contribution in [3.05, 3.63) is 77.8 Å². The van der Waals surface area contributed by atoms with Gasteiger partial charge in [0, 0.05) is 37.9 Å². The van der Waals surface area contributed by atoms with Crippen LogP contribution in [0.5, 0.6) is 0 Å². The molecule has 2 fully saturated rings. The first kappa shape index (κ1) is 23.5.